The van der Waals surface area contributed by atoms with E-state index in [0.29, 0.717) is 6.04 Å². The molecule has 0 fully saturated rings. The van der Waals surface area contributed by atoms with Crippen molar-refractivity contribution in [3.63, 3.8) is 0 Å². The summed E-state index contributed by atoms with van der Waals surface area (Å²) in [6.07, 6.45) is 0. The van der Waals surface area contributed by atoms with Crippen molar-refractivity contribution in [3.8, 4) is 16.5 Å². The van der Waals surface area contributed by atoms with Gasteiger partial charge in [-0.05, 0) is 42.8 Å². The molecule has 1 heterocycles. The van der Waals surface area contributed by atoms with Gasteiger partial charge in [0.2, 0.25) is 0 Å². The van der Waals surface area contributed by atoms with E-state index in [2.05, 4.69) is 49.5 Å². The van der Waals surface area contributed by atoms with Gasteiger partial charge in [-0.3, -0.25) is 0 Å². The van der Waals surface area contributed by atoms with E-state index in [9.17, 15) is 0 Å². The molecule has 1 unspecified atom stereocenters. The van der Waals surface area contributed by atoms with Crippen molar-refractivity contribution in [3.05, 3.63) is 46.8 Å². The predicted octanol–water partition coefficient (Wildman–Crippen LogP) is 3.96. The third-order valence-corrected chi connectivity index (χ3v) is 3.94. The first-order valence-electron chi connectivity index (χ1n) is 6.08. The van der Waals surface area contributed by atoms with Gasteiger partial charge in [0, 0.05) is 10.9 Å². The van der Waals surface area contributed by atoms with Gasteiger partial charge < -0.3 is 5.32 Å². The minimum absolute atomic E-state index is 0.352. The molecular formula is C15H16N2S. The number of nitriles is 1. The van der Waals surface area contributed by atoms with Crippen molar-refractivity contribution in [1.82, 2.24) is 5.32 Å². The largest absolute Gasteiger partial charge is 0.310 e. The zero-order valence-electron chi connectivity index (χ0n) is 10.6. The van der Waals surface area contributed by atoms with Crippen LogP contribution in [-0.2, 0) is 0 Å². The van der Waals surface area contributed by atoms with E-state index in [1.165, 1.54) is 22.5 Å². The van der Waals surface area contributed by atoms with Gasteiger partial charge in [-0.25, -0.2) is 0 Å². The first-order valence-corrected chi connectivity index (χ1v) is 6.90. The van der Waals surface area contributed by atoms with Crippen LogP contribution >= 0.6 is 11.3 Å². The van der Waals surface area contributed by atoms with E-state index in [4.69, 9.17) is 5.26 Å². The lowest BCUT2D eigenvalue weighted by Crippen LogP contribution is -2.17. The molecular weight excluding hydrogens is 240 g/mol. The molecule has 0 aliphatic carbocycles. The van der Waals surface area contributed by atoms with E-state index < -0.39 is 0 Å². The van der Waals surface area contributed by atoms with Crippen molar-refractivity contribution in [2.24, 2.45) is 0 Å². The van der Waals surface area contributed by atoms with Gasteiger partial charge in [0.1, 0.15) is 10.9 Å². The highest BCUT2D eigenvalue weighted by Crippen LogP contribution is 2.29. The highest BCUT2D eigenvalue weighted by molar-refractivity contribution is 7.16. The van der Waals surface area contributed by atoms with E-state index in [1.54, 1.807) is 0 Å². The van der Waals surface area contributed by atoms with Crippen LogP contribution in [0.15, 0.2) is 36.4 Å². The summed E-state index contributed by atoms with van der Waals surface area (Å²) in [5.74, 6) is 0. The van der Waals surface area contributed by atoms with Gasteiger partial charge in [0.15, 0.2) is 0 Å². The van der Waals surface area contributed by atoms with Crippen LogP contribution in [0.1, 0.15) is 30.3 Å². The molecule has 0 radical (unpaired) electrons. The molecule has 0 bridgehead atoms. The number of benzene rings is 1. The summed E-state index contributed by atoms with van der Waals surface area (Å²) in [6, 6.07) is 14.9. The molecule has 2 nitrogen and oxygen atoms in total. The van der Waals surface area contributed by atoms with Gasteiger partial charge in [0.25, 0.3) is 0 Å². The molecule has 0 saturated heterocycles. The molecule has 0 aliphatic heterocycles. The number of nitrogens with one attached hydrogen (secondary N) is 1. The topological polar surface area (TPSA) is 35.8 Å². The second-order valence-corrected chi connectivity index (χ2v) is 5.26. The molecule has 1 atom stereocenters. The van der Waals surface area contributed by atoms with Gasteiger partial charge in [-0.15, -0.1) is 11.3 Å². The Bertz CT molecular complexity index is 566. The normalized spacial score (nSPS) is 12.1. The minimum atomic E-state index is 0.352. The van der Waals surface area contributed by atoms with Crippen molar-refractivity contribution in [2.45, 2.75) is 19.9 Å². The molecule has 92 valence electrons. The number of nitrogens with zero attached hydrogens (tertiary/aromatic N) is 1. The number of rotatable bonds is 4. The number of thiophene rings is 1. The fraction of sp³-hybridized carbons (Fsp3) is 0.267. The summed E-state index contributed by atoms with van der Waals surface area (Å²) in [4.78, 5) is 1.91. The SMILES string of the molecule is CCNC(C)c1cccc(-c2ccc(C#N)s2)c1. The first kappa shape index (κ1) is 12.8. The summed E-state index contributed by atoms with van der Waals surface area (Å²) in [6.45, 7) is 5.24. The summed E-state index contributed by atoms with van der Waals surface area (Å²) < 4.78 is 0. The Kier molecular flexibility index (Phi) is 4.14. The minimum Gasteiger partial charge on any atom is -0.310 e. The fourth-order valence-electron chi connectivity index (χ4n) is 1.94. The zero-order valence-corrected chi connectivity index (χ0v) is 11.4. The van der Waals surface area contributed by atoms with Gasteiger partial charge >= 0.3 is 0 Å². The maximum Gasteiger partial charge on any atom is 0.110 e. The third-order valence-electron chi connectivity index (χ3n) is 2.90. The summed E-state index contributed by atoms with van der Waals surface area (Å²) in [7, 11) is 0. The molecule has 2 rings (SSSR count). The zero-order chi connectivity index (χ0) is 13.0. The highest BCUT2D eigenvalue weighted by Gasteiger charge is 2.07. The molecule has 1 N–H and O–H groups in total. The molecule has 0 aliphatic rings. The second-order valence-electron chi connectivity index (χ2n) is 4.18. The summed E-state index contributed by atoms with van der Waals surface area (Å²) in [5.41, 5.74) is 2.46. The van der Waals surface area contributed by atoms with Crippen LogP contribution in [0.5, 0.6) is 0 Å². The third kappa shape index (κ3) is 2.79. The van der Waals surface area contributed by atoms with E-state index in [-0.39, 0.29) is 0 Å². The van der Waals surface area contributed by atoms with Crippen LogP contribution in [0, 0.1) is 11.3 Å². The Labute approximate surface area is 112 Å². The standard InChI is InChI=1S/C15H16N2S/c1-3-17-11(2)12-5-4-6-13(9-12)15-8-7-14(10-16)18-15/h4-9,11,17H,3H2,1-2H3. The van der Waals surface area contributed by atoms with Crippen molar-refractivity contribution >= 4 is 11.3 Å². The van der Waals surface area contributed by atoms with Crippen LogP contribution in [0.2, 0.25) is 0 Å². The molecule has 18 heavy (non-hydrogen) atoms. The van der Waals surface area contributed by atoms with Crippen LogP contribution < -0.4 is 5.32 Å². The van der Waals surface area contributed by atoms with Gasteiger partial charge in [0.05, 0.1) is 0 Å². The Morgan fingerprint density at radius 3 is 2.83 bits per heavy atom. The van der Waals surface area contributed by atoms with Crippen LogP contribution in [0.25, 0.3) is 10.4 Å². The molecule has 3 heteroatoms. The summed E-state index contributed by atoms with van der Waals surface area (Å²) >= 11 is 1.54. The Morgan fingerprint density at radius 1 is 1.33 bits per heavy atom. The quantitative estimate of drug-likeness (QED) is 0.898. The Balaban J connectivity index is 2.29. The first-order chi connectivity index (χ1) is 8.74. The Hall–Kier alpha value is -1.63. The number of hydrogen-bond donors (Lipinski definition) is 1. The smallest absolute Gasteiger partial charge is 0.110 e. The van der Waals surface area contributed by atoms with Gasteiger partial charge in [-0.1, -0.05) is 25.1 Å². The lowest BCUT2D eigenvalue weighted by atomic mass is 10.0. The summed E-state index contributed by atoms with van der Waals surface area (Å²) in [5, 5.41) is 12.3. The maximum absolute atomic E-state index is 8.86. The average Bonchev–Trinajstić information content (AvgIpc) is 2.88. The highest BCUT2D eigenvalue weighted by atomic mass is 32.1. The monoisotopic (exact) mass is 256 g/mol. The second kappa shape index (κ2) is 5.81. The van der Waals surface area contributed by atoms with Crippen molar-refractivity contribution in [2.75, 3.05) is 6.54 Å². The molecule has 0 spiro atoms. The van der Waals surface area contributed by atoms with Crippen LogP contribution in [0.3, 0.4) is 0 Å². The molecule has 1 aromatic carbocycles. The Morgan fingerprint density at radius 2 is 2.17 bits per heavy atom. The lowest BCUT2D eigenvalue weighted by Gasteiger charge is -2.13. The average molecular weight is 256 g/mol. The molecule has 0 saturated carbocycles. The molecule has 1 aromatic heterocycles. The lowest BCUT2D eigenvalue weighted by molar-refractivity contribution is 0.598. The fourth-order valence-corrected chi connectivity index (χ4v) is 2.74. The van der Waals surface area contributed by atoms with Crippen molar-refractivity contribution < 1.29 is 0 Å². The molecule has 0 amide bonds. The van der Waals surface area contributed by atoms with E-state index in [0.717, 1.165) is 16.3 Å². The van der Waals surface area contributed by atoms with E-state index >= 15 is 0 Å². The van der Waals surface area contributed by atoms with Crippen LogP contribution in [-0.4, -0.2) is 6.54 Å². The van der Waals surface area contributed by atoms with E-state index in [1.807, 2.05) is 12.1 Å². The van der Waals surface area contributed by atoms with Gasteiger partial charge in [-0.2, -0.15) is 5.26 Å². The molecule has 2 aromatic rings. The van der Waals surface area contributed by atoms with Crippen LogP contribution in [0.4, 0.5) is 0 Å². The number of hydrogen-bond acceptors (Lipinski definition) is 3. The maximum atomic E-state index is 8.86. The predicted molar refractivity (Wildman–Crippen MR) is 76.6 cm³/mol. The van der Waals surface area contributed by atoms with Crippen molar-refractivity contribution in [1.29, 1.82) is 5.26 Å².